The second-order valence-corrected chi connectivity index (χ2v) is 8.14. The number of ketones is 1. The number of hydrogen-bond acceptors (Lipinski definition) is 6. The number of carbonyl (C=O) groups is 1. The second-order valence-electron chi connectivity index (χ2n) is 6.42. The zero-order valence-corrected chi connectivity index (χ0v) is 17.9. The third-order valence-corrected chi connectivity index (χ3v) is 5.63. The standard InChI is InChI=1S/C20H10Cl2F3N3O3S/c21-9-6-15(28-32-10-4-5-13(22)12(7-10)20(23,24)25)16(26-8-9)17(29)11-2-1-3-14-18(11)31-19(30)27-14/h1-8,28H,(H,27,30). The molecule has 0 saturated carbocycles. The number of H-pyrrole nitrogens is 1. The Labute approximate surface area is 191 Å². The van der Waals surface area contributed by atoms with Crippen molar-refractivity contribution in [3.05, 3.63) is 86.1 Å². The zero-order valence-electron chi connectivity index (χ0n) is 15.6. The van der Waals surface area contributed by atoms with Crippen molar-refractivity contribution in [2.24, 2.45) is 0 Å². The van der Waals surface area contributed by atoms with E-state index in [-0.39, 0.29) is 32.4 Å². The van der Waals surface area contributed by atoms with E-state index in [4.69, 9.17) is 27.6 Å². The van der Waals surface area contributed by atoms with Gasteiger partial charge >= 0.3 is 11.9 Å². The van der Waals surface area contributed by atoms with Crippen molar-refractivity contribution >= 4 is 57.7 Å². The summed E-state index contributed by atoms with van der Waals surface area (Å²) in [7, 11) is 0. The van der Waals surface area contributed by atoms with Crippen molar-refractivity contribution in [2.75, 3.05) is 4.72 Å². The van der Waals surface area contributed by atoms with Gasteiger partial charge < -0.3 is 9.14 Å². The van der Waals surface area contributed by atoms with Gasteiger partial charge in [0.15, 0.2) is 5.58 Å². The molecule has 0 bridgehead atoms. The van der Waals surface area contributed by atoms with Gasteiger partial charge in [-0.15, -0.1) is 0 Å². The molecule has 0 atom stereocenters. The van der Waals surface area contributed by atoms with Gasteiger partial charge in [-0.05, 0) is 48.3 Å². The lowest BCUT2D eigenvalue weighted by Crippen LogP contribution is -2.08. The molecule has 4 aromatic rings. The third-order valence-electron chi connectivity index (χ3n) is 4.28. The minimum Gasteiger partial charge on any atom is -0.407 e. The van der Waals surface area contributed by atoms with Crippen LogP contribution in [0.3, 0.4) is 0 Å². The Balaban J connectivity index is 1.68. The molecule has 0 spiro atoms. The highest BCUT2D eigenvalue weighted by Gasteiger charge is 2.33. The van der Waals surface area contributed by atoms with Crippen LogP contribution in [-0.2, 0) is 6.18 Å². The molecule has 164 valence electrons. The van der Waals surface area contributed by atoms with Crippen LogP contribution in [0.2, 0.25) is 10.0 Å². The number of aromatic nitrogens is 2. The summed E-state index contributed by atoms with van der Waals surface area (Å²) < 4.78 is 47.2. The zero-order chi connectivity index (χ0) is 23.0. The molecule has 2 aromatic heterocycles. The highest BCUT2D eigenvalue weighted by molar-refractivity contribution is 8.00. The maximum Gasteiger partial charge on any atom is 0.417 e. The van der Waals surface area contributed by atoms with Crippen LogP contribution in [0.5, 0.6) is 0 Å². The van der Waals surface area contributed by atoms with Crippen LogP contribution in [0.25, 0.3) is 11.1 Å². The molecule has 0 aliphatic heterocycles. The van der Waals surface area contributed by atoms with Crippen LogP contribution in [0.1, 0.15) is 21.6 Å². The van der Waals surface area contributed by atoms with E-state index in [1.54, 1.807) is 12.1 Å². The van der Waals surface area contributed by atoms with Crippen LogP contribution < -0.4 is 10.5 Å². The summed E-state index contributed by atoms with van der Waals surface area (Å²) in [5.41, 5.74) is -0.422. The van der Waals surface area contributed by atoms with Crippen molar-refractivity contribution < 1.29 is 22.4 Å². The van der Waals surface area contributed by atoms with Crippen molar-refractivity contribution in [1.82, 2.24) is 9.97 Å². The molecule has 0 radical (unpaired) electrons. The number of rotatable bonds is 5. The fourth-order valence-corrected chi connectivity index (χ4v) is 3.96. The number of halogens is 5. The van der Waals surface area contributed by atoms with Crippen LogP contribution >= 0.6 is 35.1 Å². The first-order valence-electron chi connectivity index (χ1n) is 8.75. The molecule has 0 saturated heterocycles. The Morgan fingerprint density at radius 3 is 2.69 bits per heavy atom. The Hall–Kier alpha value is -2.95. The van der Waals surface area contributed by atoms with Crippen LogP contribution in [0, 0.1) is 0 Å². The fourth-order valence-electron chi connectivity index (χ4n) is 2.88. The molecule has 12 heteroatoms. The SMILES string of the molecule is O=C(c1ncc(Cl)cc1NSc1ccc(Cl)c(C(F)(F)F)c1)c1cccc2[nH]c(=O)oc12. The molecular formula is C20H10Cl2F3N3O3S. The molecule has 32 heavy (non-hydrogen) atoms. The predicted molar refractivity (Wildman–Crippen MR) is 115 cm³/mol. The molecule has 2 heterocycles. The normalized spacial score (nSPS) is 11.7. The Bertz CT molecular complexity index is 1400. The van der Waals surface area contributed by atoms with Crippen LogP contribution in [-0.4, -0.2) is 15.8 Å². The van der Waals surface area contributed by atoms with Gasteiger partial charge in [0.25, 0.3) is 0 Å². The monoisotopic (exact) mass is 499 g/mol. The first kappa shape index (κ1) is 22.3. The maximum absolute atomic E-state index is 13.1. The summed E-state index contributed by atoms with van der Waals surface area (Å²) in [5.74, 6) is -1.30. The molecule has 6 nitrogen and oxygen atoms in total. The van der Waals surface area contributed by atoms with E-state index in [9.17, 15) is 22.8 Å². The van der Waals surface area contributed by atoms with E-state index >= 15 is 0 Å². The summed E-state index contributed by atoms with van der Waals surface area (Å²) in [5, 5.41) is -0.230. The first-order valence-corrected chi connectivity index (χ1v) is 10.3. The van der Waals surface area contributed by atoms with Crippen molar-refractivity contribution in [3.8, 4) is 0 Å². The van der Waals surface area contributed by atoms with Crippen molar-refractivity contribution in [3.63, 3.8) is 0 Å². The number of benzene rings is 2. The van der Waals surface area contributed by atoms with Gasteiger partial charge in [-0.25, -0.2) is 9.78 Å². The molecule has 0 fully saturated rings. The van der Waals surface area contributed by atoms with E-state index in [1.165, 1.54) is 24.4 Å². The lowest BCUT2D eigenvalue weighted by molar-refractivity contribution is -0.137. The number of hydrogen-bond donors (Lipinski definition) is 2. The Kier molecular flexibility index (Phi) is 5.93. The second kappa shape index (κ2) is 8.53. The maximum atomic E-state index is 13.1. The lowest BCUT2D eigenvalue weighted by Gasteiger charge is -2.13. The minimum absolute atomic E-state index is 0.0605. The van der Waals surface area contributed by atoms with E-state index in [1.807, 2.05) is 0 Å². The number of fused-ring (bicyclic) bond motifs is 1. The summed E-state index contributed by atoms with van der Waals surface area (Å²) in [4.78, 5) is 31.4. The first-order chi connectivity index (χ1) is 15.1. The fraction of sp³-hybridized carbons (Fsp3) is 0.0500. The summed E-state index contributed by atoms with van der Waals surface area (Å²) in [6.45, 7) is 0. The van der Waals surface area contributed by atoms with E-state index in [0.29, 0.717) is 5.52 Å². The average Bonchev–Trinajstić information content (AvgIpc) is 3.12. The molecule has 2 aromatic carbocycles. The Morgan fingerprint density at radius 2 is 1.94 bits per heavy atom. The molecule has 0 aliphatic rings. The largest absolute Gasteiger partial charge is 0.417 e. The number of anilines is 1. The summed E-state index contributed by atoms with van der Waals surface area (Å²) >= 11 is 12.5. The molecule has 0 unspecified atom stereocenters. The van der Waals surface area contributed by atoms with Crippen molar-refractivity contribution in [1.29, 1.82) is 0 Å². The molecular weight excluding hydrogens is 490 g/mol. The predicted octanol–water partition coefficient (Wildman–Crippen LogP) is 6.19. The van der Waals surface area contributed by atoms with E-state index < -0.39 is 28.3 Å². The van der Waals surface area contributed by atoms with Gasteiger partial charge in [0.2, 0.25) is 5.78 Å². The van der Waals surface area contributed by atoms with E-state index in [0.717, 1.165) is 24.1 Å². The van der Waals surface area contributed by atoms with Crippen LogP contribution in [0.15, 0.2) is 62.8 Å². The smallest absolute Gasteiger partial charge is 0.407 e. The Morgan fingerprint density at radius 1 is 1.16 bits per heavy atom. The number of alkyl halides is 3. The molecule has 2 N–H and O–H groups in total. The quantitative estimate of drug-likeness (QED) is 0.251. The van der Waals surface area contributed by atoms with Gasteiger partial charge in [-0.2, -0.15) is 13.2 Å². The van der Waals surface area contributed by atoms with Crippen molar-refractivity contribution in [2.45, 2.75) is 11.1 Å². The molecule has 4 rings (SSSR count). The van der Waals surface area contributed by atoms with Gasteiger partial charge in [-0.1, -0.05) is 29.3 Å². The van der Waals surface area contributed by atoms with Gasteiger partial charge in [0, 0.05) is 11.1 Å². The molecule has 0 amide bonds. The number of pyridine rings is 1. The highest BCUT2D eigenvalue weighted by atomic mass is 35.5. The average molecular weight is 500 g/mol. The highest BCUT2D eigenvalue weighted by Crippen LogP contribution is 2.37. The topological polar surface area (TPSA) is 88.0 Å². The molecule has 0 aliphatic carbocycles. The van der Waals surface area contributed by atoms with Gasteiger partial charge in [0.05, 0.1) is 32.4 Å². The number of aromatic amines is 1. The van der Waals surface area contributed by atoms with E-state index in [2.05, 4.69) is 14.7 Å². The third kappa shape index (κ3) is 4.47. The number of carbonyl (C=O) groups excluding carboxylic acids is 1. The van der Waals surface area contributed by atoms with Gasteiger partial charge in [-0.3, -0.25) is 9.78 Å². The summed E-state index contributed by atoms with van der Waals surface area (Å²) in [6.07, 6.45) is -3.37. The number of nitrogens with one attached hydrogen (secondary N) is 2. The number of para-hydroxylation sites is 1. The summed E-state index contributed by atoms with van der Waals surface area (Å²) in [6, 6.07) is 9.40. The lowest BCUT2D eigenvalue weighted by atomic mass is 10.1. The van der Waals surface area contributed by atoms with Crippen LogP contribution in [0.4, 0.5) is 18.9 Å². The van der Waals surface area contributed by atoms with Gasteiger partial charge in [0.1, 0.15) is 5.69 Å². The minimum atomic E-state index is -4.62. The number of oxazole rings is 1. The number of nitrogens with zero attached hydrogens (tertiary/aromatic N) is 1.